The molecule has 2 atom stereocenters. The lowest BCUT2D eigenvalue weighted by Gasteiger charge is -2.19. The lowest BCUT2D eigenvalue weighted by atomic mass is 9.87. The molecule has 0 saturated carbocycles. The van der Waals surface area contributed by atoms with Crippen molar-refractivity contribution in [1.82, 2.24) is 9.97 Å². The van der Waals surface area contributed by atoms with E-state index in [1.165, 1.54) is 6.92 Å². The number of hydrogen-bond donors (Lipinski definition) is 3. The van der Waals surface area contributed by atoms with Crippen LogP contribution in [-0.4, -0.2) is 20.9 Å². The van der Waals surface area contributed by atoms with E-state index in [1.54, 1.807) is 30.3 Å². The van der Waals surface area contributed by atoms with Gasteiger partial charge < -0.3 is 11.5 Å². The molecule has 8 nitrogen and oxygen atoms in total. The fourth-order valence-electron chi connectivity index (χ4n) is 2.29. The van der Waals surface area contributed by atoms with Crippen molar-refractivity contribution in [2.45, 2.75) is 18.9 Å². The van der Waals surface area contributed by atoms with Crippen molar-refractivity contribution < 1.29 is 4.92 Å². The van der Waals surface area contributed by atoms with Gasteiger partial charge in [0.25, 0.3) is 5.56 Å². The molecule has 0 bridgehead atoms. The first kappa shape index (κ1) is 14.5. The first-order valence-corrected chi connectivity index (χ1v) is 6.25. The number of benzene rings is 1. The summed E-state index contributed by atoms with van der Waals surface area (Å²) in [5, 5.41) is 11.2. The van der Waals surface area contributed by atoms with Crippen molar-refractivity contribution in [2.75, 3.05) is 11.5 Å². The molecule has 0 fully saturated rings. The molecule has 1 aromatic heterocycles. The van der Waals surface area contributed by atoms with Crippen LogP contribution in [0.5, 0.6) is 0 Å². The van der Waals surface area contributed by atoms with Gasteiger partial charge in [0.05, 0.1) is 11.5 Å². The van der Waals surface area contributed by atoms with Gasteiger partial charge in [-0.15, -0.1) is 0 Å². The highest BCUT2D eigenvalue weighted by Crippen LogP contribution is 2.30. The Morgan fingerprint density at radius 3 is 2.43 bits per heavy atom. The minimum atomic E-state index is -1.04. The number of nitrogens with two attached hydrogens (primary N) is 2. The monoisotopic (exact) mass is 289 g/mol. The summed E-state index contributed by atoms with van der Waals surface area (Å²) >= 11 is 0. The van der Waals surface area contributed by atoms with Gasteiger partial charge in [0, 0.05) is 11.8 Å². The Hall–Kier alpha value is -2.90. The smallest absolute Gasteiger partial charge is 0.258 e. The lowest BCUT2D eigenvalue weighted by molar-refractivity contribution is -0.520. The maximum Gasteiger partial charge on any atom is 0.258 e. The van der Waals surface area contributed by atoms with E-state index >= 15 is 0 Å². The molecular formula is C13H15N5O3. The lowest BCUT2D eigenvalue weighted by Crippen LogP contribution is -2.31. The van der Waals surface area contributed by atoms with Crippen LogP contribution < -0.4 is 17.0 Å². The summed E-state index contributed by atoms with van der Waals surface area (Å²) in [6.07, 6.45) is 0. The molecule has 0 saturated heterocycles. The van der Waals surface area contributed by atoms with Gasteiger partial charge in [0.2, 0.25) is 12.0 Å². The van der Waals surface area contributed by atoms with Crippen LogP contribution in [0.2, 0.25) is 0 Å². The number of rotatable bonds is 4. The first-order chi connectivity index (χ1) is 9.91. The van der Waals surface area contributed by atoms with Gasteiger partial charge in [-0.05, 0) is 5.56 Å². The second-order valence-electron chi connectivity index (χ2n) is 4.66. The molecule has 21 heavy (non-hydrogen) atoms. The number of anilines is 2. The number of H-pyrrole nitrogens is 1. The predicted molar refractivity (Wildman–Crippen MR) is 78.4 cm³/mol. The van der Waals surface area contributed by atoms with Gasteiger partial charge in [-0.1, -0.05) is 30.3 Å². The van der Waals surface area contributed by atoms with Crippen molar-refractivity contribution in [3.05, 3.63) is 61.9 Å². The van der Waals surface area contributed by atoms with Crippen LogP contribution in [0.15, 0.2) is 35.1 Å². The number of hydrogen-bond acceptors (Lipinski definition) is 6. The van der Waals surface area contributed by atoms with E-state index in [9.17, 15) is 14.9 Å². The molecule has 0 amide bonds. The quantitative estimate of drug-likeness (QED) is 0.559. The number of nitrogen functional groups attached to an aromatic ring is 2. The van der Waals surface area contributed by atoms with Crippen LogP contribution in [0.25, 0.3) is 0 Å². The molecule has 8 heteroatoms. The molecule has 0 aliphatic heterocycles. The minimum Gasteiger partial charge on any atom is -0.383 e. The van der Waals surface area contributed by atoms with E-state index in [0.717, 1.165) is 0 Å². The number of nitrogens with one attached hydrogen (secondary N) is 1. The van der Waals surface area contributed by atoms with Crippen LogP contribution in [0.1, 0.15) is 24.0 Å². The molecule has 0 spiro atoms. The summed E-state index contributed by atoms with van der Waals surface area (Å²) in [4.78, 5) is 29.0. The Labute approximate surface area is 120 Å². The zero-order valence-electron chi connectivity index (χ0n) is 11.3. The van der Waals surface area contributed by atoms with Gasteiger partial charge >= 0.3 is 0 Å². The highest BCUT2D eigenvalue weighted by molar-refractivity contribution is 5.48. The number of nitrogens with zero attached hydrogens (tertiary/aromatic N) is 2. The summed E-state index contributed by atoms with van der Waals surface area (Å²) in [5.41, 5.74) is 11.3. The normalized spacial score (nSPS) is 13.6. The van der Waals surface area contributed by atoms with Crippen LogP contribution in [-0.2, 0) is 0 Å². The van der Waals surface area contributed by atoms with Gasteiger partial charge in [-0.3, -0.25) is 19.9 Å². The summed E-state index contributed by atoms with van der Waals surface area (Å²) in [6.45, 7) is 1.42. The first-order valence-electron chi connectivity index (χ1n) is 6.25. The van der Waals surface area contributed by atoms with E-state index in [0.29, 0.717) is 5.56 Å². The van der Waals surface area contributed by atoms with Gasteiger partial charge in [0.1, 0.15) is 5.82 Å². The molecule has 0 aliphatic carbocycles. The summed E-state index contributed by atoms with van der Waals surface area (Å²) < 4.78 is 0. The highest BCUT2D eigenvalue weighted by Gasteiger charge is 2.34. The zero-order valence-corrected chi connectivity index (χ0v) is 11.3. The fraction of sp³-hybridized carbons (Fsp3) is 0.231. The molecule has 2 rings (SSSR count). The second kappa shape index (κ2) is 5.61. The second-order valence-corrected chi connectivity index (χ2v) is 4.66. The largest absolute Gasteiger partial charge is 0.383 e. The number of aromatic amines is 1. The molecule has 110 valence electrons. The van der Waals surface area contributed by atoms with Crippen molar-refractivity contribution in [3.63, 3.8) is 0 Å². The standard InChI is InChI=1S/C13H15N5O3/c1-7(18(20)21)9(8-5-3-2-4-6-8)10-11(14)16-13(15)17-12(10)19/h2-7,9H,1H3,(H5,14,15,16,17,19). The Kier molecular flexibility index (Phi) is 3.88. The summed E-state index contributed by atoms with van der Waals surface area (Å²) in [7, 11) is 0. The maximum atomic E-state index is 12.1. The molecule has 2 aromatic rings. The average Bonchev–Trinajstić information content (AvgIpc) is 2.42. The molecule has 0 aliphatic rings. The SMILES string of the molecule is CC(C(c1ccccc1)c1c(N)nc(N)[nH]c1=O)[N+](=O)[O-]. The van der Waals surface area contributed by atoms with Gasteiger partial charge in [0.15, 0.2) is 0 Å². The Morgan fingerprint density at radius 2 is 1.90 bits per heavy atom. The van der Waals surface area contributed by atoms with Crippen LogP contribution in [0.3, 0.4) is 0 Å². The number of nitro groups is 1. The third-order valence-electron chi connectivity index (χ3n) is 3.29. The Morgan fingerprint density at radius 1 is 1.29 bits per heavy atom. The van der Waals surface area contributed by atoms with Crippen LogP contribution in [0.4, 0.5) is 11.8 Å². The van der Waals surface area contributed by atoms with Gasteiger partial charge in [-0.2, -0.15) is 4.98 Å². The summed E-state index contributed by atoms with van der Waals surface area (Å²) in [6, 6.07) is 7.64. The minimum absolute atomic E-state index is 0.0552. The van der Waals surface area contributed by atoms with Crippen molar-refractivity contribution in [3.8, 4) is 0 Å². The molecule has 5 N–H and O–H groups in total. The van der Waals surface area contributed by atoms with E-state index in [2.05, 4.69) is 9.97 Å². The van der Waals surface area contributed by atoms with E-state index in [1.807, 2.05) is 0 Å². The van der Waals surface area contributed by atoms with Crippen molar-refractivity contribution in [2.24, 2.45) is 0 Å². The van der Waals surface area contributed by atoms with Crippen molar-refractivity contribution >= 4 is 11.8 Å². The predicted octanol–water partition coefficient (Wildman–Crippen LogP) is 0.731. The van der Waals surface area contributed by atoms with E-state index < -0.39 is 22.4 Å². The van der Waals surface area contributed by atoms with Crippen molar-refractivity contribution in [1.29, 1.82) is 0 Å². The fourth-order valence-corrected chi connectivity index (χ4v) is 2.29. The maximum absolute atomic E-state index is 12.1. The third kappa shape index (κ3) is 2.83. The molecule has 0 radical (unpaired) electrons. The molecular weight excluding hydrogens is 274 g/mol. The van der Waals surface area contributed by atoms with Crippen LogP contribution in [0, 0.1) is 10.1 Å². The summed E-state index contributed by atoms with van der Waals surface area (Å²) in [5.74, 6) is -1.03. The highest BCUT2D eigenvalue weighted by atomic mass is 16.6. The number of aromatic nitrogens is 2. The molecule has 2 unspecified atom stereocenters. The Bertz CT molecular complexity index is 713. The van der Waals surface area contributed by atoms with E-state index in [4.69, 9.17) is 11.5 Å². The third-order valence-corrected chi connectivity index (χ3v) is 3.29. The zero-order chi connectivity index (χ0) is 15.6. The molecule has 1 heterocycles. The van der Waals surface area contributed by atoms with E-state index in [-0.39, 0.29) is 17.3 Å². The topological polar surface area (TPSA) is 141 Å². The average molecular weight is 289 g/mol. The van der Waals surface area contributed by atoms with Gasteiger partial charge in [-0.25, -0.2) is 0 Å². The Balaban J connectivity index is 2.67. The molecule has 1 aromatic carbocycles. The van der Waals surface area contributed by atoms with Crippen LogP contribution >= 0.6 is 0 Å².